The van der Waals surface area contributed by atoms with Crippen molar-refractivity contribution in [2.24, 2.45) is 0 Å². The van der Waals surface area contributed by atoms with Crippen LogP contribution < -0.4 is 10.1 Å². The number of benzene rings is 2. The lowest BCUT2D eigenvalue weighted by atomic mass is 9.91. The molecule has 0 saturated carbocycles. The van der Waals surface area contributed by atoms with Crippen LogP contribution in [0.4, 0.5) is 5.69 Å². The van der Waals surface area contributed by atoms with Gasteiger partial charge in [0.05, 0.1) is 12.8 Å². The van der Waals surface area contributed by atoms with E-state index in [0.717, 1.165) is 0 Å². The molecule has 4 nitrogen and oxygen atoms in total. The van der Waals surface area contributed by atoms with Gasteiger partial charge in [-0.05, 0) is 36.8 Å². The highest BCUT2D eigenvalue weighted by atomic mass is 35.5. The fourth-order valence-corrected chi connectivity index (χ4v) is 2.26. The van der Waals surface area contributed by atoms with Gasteiger partial charge in [-0.1, -0.05) is 35.9 Å². The molecule has 5 heteroatoms. The predicted molar refractivity (Wildman–Crippen MR) is 83.1 cm³/mol. The van der Waals surface area contributed by atoms with E-state index < -0.39 is 11.5 Å². The first kappa shape index (κ1) is 15.2. The topological polar surface area (TPSA) is 58.6 Å². The summed E-state index contributed by atoms with van der Waals surface area (Å²) in [6.45, 7) is 1.59. The fourth-order valence-electron chi connectivity index (χ4n) is 2.07. The molecule has 0 spiro atoms. The van der Waals surface area contributed by atoms with Crippen LogP contribution in [-0.2, 0) is 10.3 Å². The summed E-state index contributed by atoms with van der Waals surface area (Å²) in [5, 5.41) is 13.2. The third kappa shape index (κ3) is 3.11. The number of methoxy groups -OCH3 is 1. The number of halogens is 1. The highest BCUT2D eigenvalue weighted by Gasteiger charge is 2.36. The number of hydrogen-bond donors (Lipinski definition) is 2. The second-order valence-corrected chi connectivity index (χ2v) is 5.20. The summed E-state index contributed by atoms with van der Waals surface area (Å²) < 4.78 is 5.25. The maximum absolute atomic E-state index is 11.8. The van der Waals surface area contributed by atoms with Crippen LogP contribution in [0.1, 0.15) is 12.5 Å². The number of nitrogens with one attached hydrogen (secondary N) is 1. The van der Waals surface area contributed by atoms with Crippen LogP contribution in [0, 0.1) is 0 Å². The molecule has 0 heterocycles. The molecule has 0 aliphatic carbocycles. The zero-order valence-electron chi connectivity index (χ0n) is 11.8. The number of carboxylic acid groups (broad SMARTS) is 1. The first-order valence-electron chi connectivity index (χ1n) is 6.38. The zero-order chi connectivity index (χ0) is 15.5. The lowest BCUT2D eigenvalue weighted by molar-refractivity contribution is -0.142. The second-order valence-electron chi connectivity index (χ2n) is 4.77. The van der Waals surface area contributed by atoms with Crippen LogP contribution in [-0.4, -0.2) is 18.2 Å². The fraction of sp³-hybridized carbons (Fsp3) is 0.188. The third-order valence-electron chi connectivity index (χ3n) is 3.32. The van der Waals surface area contributed by atoms with Gasteiger partial charge in [0.2, 0.25) is 0 Å². The maximum Gasteiger partial charge on any atom is 0.333 e. The minimum Gasteiger partial charge on any atom is -0.495 e. The van der Waals surface area contributed by atoms with Crippen molar-refractivity contribution >= 4 is 23.3 Å². The van der Waals surface area contributed by atoms with E-state index in [4.69, 9.17) is 16.3 Å². The molecule has 0 radical (unpaired) electrons. The molecule has 21 heavy (non-hydrogen) atoms. The van der Waals surface area contributed by atoms with Gasteiger partial charge in [0.25, 0.3) is 0 Å². The molecule has 0 saturated heterocycles. The Labute approximate surface area is 128 Å². The summed E-state index contributed by atoms with van der Waals surface area (Å²) in [6.07, 6.45) is 0. The molecule has 0 bridgehead atoms. The Kier molecular flexibility index (Phi) is 4.38. The SMILES string of the molecule is COc1ccccc1NC(C)(C(=O)O)c1cccc(Cl)c1. The van der Waals surface area contributed by atoms with E-state index in [1.54, 1.807) is 43.3 Å². The van der Waals surface area contributed by atoms with E-state index in [1.165, 1.54) is 7.11 Å². The number of rotatable bonds is 5. The summed E-state index contributed by atoms with van der Waals surface area (Å²) >= 11 is 5.97. The van der Waals surface area contributed by atoms with Crippen LogP contribution in [0.25, 0.3) is 0 Å². The Morgan fingerprint density at radius 2 is 1.95 bits per heavy atom. The minimum atomic E-state index is -1.32. The molecule has 2 aromatic rings. The van der Waals surface area contributed by atoms with E-state index >= 15 is 0 Å². The number of carboxylic acids is 1. The largest absolute Gasteiger partial charge is 0.495 e. The first-order valence-corrected chi connectivity index (χ1v) is 6.76. The number of para-hydroxylation sites is 2. The van der Waals surface area contributed by atoms with Gasteiger partial charge in [-0.25, -0.2) is 4.79 Å². The molecule has 0 amide bonds. The van der Waals surface area contributed by atoms with Gasteiger partial charge in [0.15, 0.2) is 5.54 Å². The Bertz CT molecular complexity index is 659. The Balaban J connectivity index is 2.46. The zero-order valence-corrected chi connectivity index (χ0v) is 12.5. The lowest BCUT2D eigenvalue weighted by Crippen LogP contribution is -2.40. The summed E-state index contributed by atoms with van der Waals surface area (Å²) in [5.74, 6) is -0.428. The molecular weight excluding hydrogens is 290 g/mol. The summed E-state index contributed by atoms with van der Waals surface area (Å²) in [7, 11) is 1.54. The number of aliphatic carboxylic acids is 1. The van der Waals surface area contributed by atoms with Gasteiger partial charge in [0, 0.05) is 5.02 Å². The van der Waals surface area contributed by atoms with Gasteiger partial charge in [0.1, 0.15) is 5.75 Å². The maximum atomic E-state index is 11.8. The van der Waals surface area contributed by atoms with Gasteiger partial charge in [-0.3, -0.25) is 0 Å². The third-order valence-corrected chi connectivity index (χ3v) is 3.56. The predicted octanol–water partition coefficient (Wildman–Crippen LogP) is 3.76. The molecular formula is C16H16ClNO3. The number of ether oxygens (including phenoxy) is 1. The van der Waals surface area contributed by atoms with Crippen LogP contribution in [0.5, 0.6) is 5.75 Å². The van der Waals surface area contributed by atoms with E-state index in [9.17, 15) is 9.90 Å². The smallest absolute Gasteiger partial charge is 0.333 e. The summed E-state index contributed by atoms with van der Waals surface area (Å²) in [4.78, 5) is 11.8. The molecule has 0 fully saturated rings. The molecule has 0 aliphatic heterocycles. The van der Waals surface area contributed by atoms with E-state index in [0.29, 0.717) is 22.0 Å². The highest BCUT2D eigenvalue weighted by Crippen LogP contribution is 2.32. The van der Waals surface area contributed by atoms with Crippen LogP contribution >= 0.6 is 11.6 Å². The lowest BCUT2D eigenvalue weighted by Gasteiger charge is -2.29. The van der Waals surface area contributed by atoms with Crippen molar-refractivity contribution in [1.29, 1.82) is 0 Å². The van der Waals surface area contributed by atoms with Gasteiger partial charge in [-0.15, -0.1) is 0 Å². The van der Waals surface area contributed by atoms with Crippen molar-refractivity contribution in [3.63, 3.8) is 0 Å². The van der Waals surface area contributed by atoms with E-state index in [2.05, 4.69) is 5.32 Å². The Morgan fingerprint density at radius 1 is 1.24 bits per heavy atom. The second kappa shape index (κ2) is 6.06. The molecule has 2 rings (SSSR count). The van der Waals surface area contributed by atoms with Crippen molar-refractivity contribution in [2.45, 2.75) is 12.5 Å². The molecule has 0 aromatic heterocycles. The number of hydrogen-bond acceptors (Lipinski definition) is 3. The van der Waals surface area contributed by atoms with E-state index in [1.807, 2.05) is 12.1 Å². The van der Waals surface area contributed by atoms with Crippen LogP contribution in [0.15, 0.2) is 48.5 Å². The van der Waals surface area contributed by atoms with Gasteiger partial charge in [-0.2, -0.15) is 0 Å². The first-order chi connectivity index (χ1) is 9.97. The minimum absolute atomic E-state index is 0.488. The van der Waals surface area contributed by atoms with Crippen molar-refractivity contribution in [3.8, 4) is 5.75 Å². The molecule has 2 aromatic carbocycles. The van der Waals surface area contributed by atoms with Gasteiger partial charge < -0.3 is 15.2 Å². The summed E-state index contributed by atoms with van der Waals surface area (Å²) in [5.41, 5.74) is -0.155. The van der Waals surface area contributed by atoms with Gasteiger partial charge >= 0.3 is 5.97 Å². The highest BCUT2D eigenvalue weighted by molar-refractivity contribution is 6.30. The van der Waals surface area contributed by atoms with E-state index in [-0.39, 0.29) is 0 Å². The van der Waals surface area contributed by atoms with Crippen molar-refractivity contribution in [1.82, 2.24) is 0 Å². The van der Waals surface area contributed by atoms with Crippen molar-refractivity contribution in [3.05, 3.63) is 59.1 Å². The number of carbonyl (C=O) groups is 1. The molecule has 0 aliphatic rings. The molecule has 110 valence electrons. The molecule has 1 unspecified atom stereocenters. The van der Waals surface area contributed by atoms with Crippen LogP contribution in [0.3, 0.4) is 0 Å². The van der Waals surface area contributed by atoms with Crippen molar-refractivity contribution < 1.29 is 14.6 Å². The normalized spacial score (nSPS) is 13.3. The monoisotopic (exact) mass is 305 g/mol. The summed E-state index contributed by atoms with van der Waals surface area (Å²) in [6, 6.07) is 14.0. The van der Waals surface area contributed by atoms with Crippen molar-refractivity contribution in [2.75, 3.05) is 12.4 Å². The Hall–Kier alpha value is -2.20. The number of anilines is 1. The molecule has 2 N–H and O–H groups in total. The molecule has 1 atom stereocenters. The standard InChI is InChI=1S/C16H16ClNO3/c1-16(15(19)20,11-6-5-7-12(17)10-11)18-13-8-3-4-9-14(13)21-2/h3-10,18H,1-2H3,(H,19,20). The average molecular weight is 306 g/mol. The Morgan fingerprint density at radius 3 is 2.57 bits per heavy atom. The average Bonchev–Trinajstić information content (AvgIpc) is 2.47. The quantitative estimate of drug-likeness (QED) is 0.883. The van der Waals surface area contributed by atoms with Crippen LogP contribution in [0.2, 0.25) is 5.02 Å².